The van der Waals surface area contributed by atoms with Crippen molar-refractivity contribution in [3.8, 4) is 5.75 Å². The van der Waals surface area contributed by atoms with Gasteiger partial charge in [-0.1, -0.05) is 0 Å². The van der Waals surface area contributed by atoms with Crippen LogP contribution in [0.1, 0.15) is 23.7 Å². The van der Waals surface area contributed by atoms with Crippen LogP contribution in [0.5, 0.6) is 5.75 Å². The zero-order chi connectivity index (χ0) is 16.8. The quantitative estimate of drug-likeness (QED) is 0.790. The number of nitrogens with one attached hydrogen (secondary N) is 1. The van der Waals surface area contributed by atoms with Crippen LogP contribution in [-0.2, 0) is 11.3 Å². The number of nitrogens with zero attached hydrogens (tertiary/aromatic N) is 1. The largest absolute Gasteiger partial charge is 0.497 e. The molecular weight excluding hydrogens is 296 g/mol. The van der Waals surface area contributed by atoms with Crippen LogP contribution >= 0.6 is 0 Å². The zero-order valence-corrected chi connectivity index (χ0v) is 13.7. The van der Waals surface area contributed by atoms with Gasteiger partial charge in [-0.15, -0.1) is 0 Å². The number of fused-ring (bicyclic) bond motifs is 1. The lowest BCUT2D eigenvalue weighted by Crippen LogP contribution is -2.31. The van der Waals surface area contributed by atoms with Crippen LogP contribution in [0.4, 0.5) is 0 Å². The normalized spacial score (nSPS) is 10.7. The second-order valence-electron chi connectivity index (χ2n) is 5.14. The summed E-state index contributed by atoms with van der Waals surface area (Å²) in [6.45, 7) is 3.66. The number of carbonyl (C=O) groups is 1. The Balaban J connectivity index is 2.41. The van der Waals surface area contributed by atoms with Gasteiger partial charge in [0.25, 0.3) is 5.91 Å². The van der Waals surface area contributed by atoms with Crippen LogP contribution in [-0.4, -0.2) is 37.8 Å². The molecule has 2 aromatic rings. The number of hydrogen-bond donors (Lipinski definition) is 1. The fraction of sp³-hybridized carbons (Fsp3) is 0.412. The van der Waals surface area contributed by atoms with Crippen molar-refractivity contribution in [1.29, 1.82) is 0 Å². The average Bonchev–Trinajstić information content (AvgIpc) is 2.58. The minimum absolute atomic E-state index is 0.144. The lowest BCUT2D eigenvalue weighted by atomic mass is 10.1. The van der Waals surface area contributed by atoms with Gasteiger partial charge in [0.1, 0.15) is 11.3 Å². The van der Waals surface area contributed by atoms with Gasteiger partial charge in [0.15, 0.2) is 0 Å². The maximum Gasteiger partial charge on any atom is 0.256 e. The molecule has 1 heterocycles. The molecule has 0 unspecified atom stereocenters. The molecule has 1 N–H and O–H groups in total. The third kappa shape index (κ3) is 3.71. The number of pyridine rings is 1. The molecule has 2 rings (SSSR count). The molecule has 0 spiro atoms. The van der Waals surface area contributed by atoms with Crippen LogP contribution in [0, 0.1) is 0 Å². The second kappa shape index (κ2) is 7.78. The van der Waals surface area contributed by atoms with Crippen molar-refractivity contribution in [3.63, 3.8) is 0 Å². The van der Waals surface area contributed by atoms with Gasteiger partial charge in [-0.25, -0.2) is 0 Å². The first-order valence-corrected chi connectivity index (χ1v) is 7.60. The molecule has 6 nitrogen and oxygen atoms in total. The number of benzene rings is 1. The Kier molecular flexibility index (Phi) is 5.76. The molecule has 6 heteroatoms. The summed E-state index contributed by atoms with van der Waals surface area (Å²) >= 11 is 0. The van der Waals surface area contributed by atoms with Crippen molar-refractivity contribution >= 4 is 16.8 Å². The predicted molar refractivity (Wildman–Crippen MR) is 89.3 cm³/mol. The first-order valence-electron chi connectivity index (χ1n) is 7.60. The molecule has 0 atom stereocenters. The Hall–Kier alpha value is -2.34. The molecule has 0 radical (unpaired) electrons. The highest BCUT2D eigenvalue weighted by Crippen LogP contribution is 2.19. The number of aryl methyl sites for hydroxylation is 1. The zero-order valence-electron chi connectivity index (χ0n) is 13.7. The Morgan fingerprint density at radius 3 is 2.74 bits per heavy atom. The highest BCUT2D eigenvalue weighted by molar-refractivity contribution is 5.97. The van der Waals surface area contributed by atoms with Crippen LogP contribution in [0.2, 0.25) is 0 Å². The van der Waals surface area contributed by atoms with Gasteiger partial charge in [0.05, 0.1) is 18.0 Å². The van der Waals surface area contributed by atoms with Crippen molar-refractivity contribution in [2.24, 2.45) is 0 Å². The SMILES string of the molecule is CCn1cc(C(=O)NCCCOC)c(=O)c2cc(OC)ccc21. The van der Waals surface area contributed by atoms with E-state index < -0.39 is 0 Å². The van der Waals surface area contributed by atoms with Gasteiger partial charge >= 0.3 is 0 Å². The monoisotopic (exact) mass is 318 g/mol. The maximum absolute atomic E-state index is 12.6. The average molecular weight is 318 g/mol. The van der Waals surface area contributed by atoms with E-state index in [1.165, 1.54) is 0 Å². The molecule has 1 aromatic carbocycles. The summed E-state index contributed by atoms with van der Waals surface area (Å²) in [5.41, 5.74) is 0.645. The predicted octanol–water partition coefficient (Wildman–Crippen LogP) is 1.80. The topological polar surface area (TPSA) is 69.6 Å². The number of rotatable bonds is 7. The minimum Gasteiger partial charge on any atom is -0.497 e. The third-order valence-corrected chi connectivity index (χ3v) is 3.68. The van der Waals surface area contributed by atoms with Crippen molar-refractivity contribution in [2.45, 2.75) is 19.9 Å². The van der Waals surface area contributed by atoms with Gasteiger partial charge in [0, 0.05) is 33.0 Å². The number of hydrogen-bond acceptors (Lipinski definition) is 4. The number of amides is 1. The van der Waals surface area contributed by atoms with Crippen molar-refractivity contribution in [2.75, 3.05) is 27.4 Å². The number of aromatic nitrogens is 1. The molecule has 0 saturated carbocycles. The van der Waals surface area contributed by atoms with Crippen molar-refractivity contribution in [1.82, 2.24) is 9.88 Å². The second-order valence-corrected chi connectivity index (χ2v) is 5.14. The molecule has 0 fully saturated rings. The standard InChI is InChI=1S/C17H22N2O4/c1-4-19-11-14(17(21)18-8-5-9-22-2)16(20)13-10-12(23-3)6-7-15(13)19/h6-7,10-11H,4-5,8-9H2,1-3H3,(H,18,21). The van der Waals surface area contributed by atoms with E-state index >= 15 is 0 Å². The Morgan fingerprint density at radius 2 is 2.09 bits per heavy atom. The lowest BCUT2D eigenvalue weighted by molar-refractivity contribution is 0.0947. The molecule has 1 aromatic heterocycles. The molecule has 0 aliphatic rings. The maximum atomic E-state index is 12.6. The van der Waals surface area contributed by atoms with E-state index in [9.17, 15) is 9.59 Å². The number of methoxy groups -OCH3 is 2. The lowest BCUT2D eigenvalue weighted by Gasteiger charge is -2.12. The highest BCUT2D eigenvalue weighted by atomic mass is 16.5. The van der Waals surface area contributed by atoms with Gasteiger partial charge in [-0.3, -0.25) is 9.59 Å². The van der Waals surface area contributed by atoms with E-state index in [1.807, 2.05) is 17.6 Å². The van der Waals surface area contributed by atoms with Crippen LogP contribution < -0.4 is 15.5 Å². The Bertz CT molecular complexity index is 752. The first kappa shape index (κ1) is 17.0. The number of carbonyl (C=O) groups excluding carboxylic acids is 1. The van der Waals surface area contributed by atoms with Gasteiger partial charge in [-0.05, 0) is 31.5 Å². The van der Waals surface area contributed by atoms with Gasteiger partial charge in [0.2, 0.25) is 5.43 Å². The molecule has 124 valence electrons. The molecule has 0 bridgehead atoms. The van der Waals surface area contributed by atoms with Crippen LogP contribution in [0.3, 0.4) is 0 Å². The fourth-order valence-electron chi connectivity index (χ4n) is 2.44. The number of ether oxygens (including phenoxy) is 2. The van der Waals surface area contributed by atoms with Crippen LogP contribution in [0.15, 0.2) is 29.2 Å². The molecule has 23 heavy (non-hydrogen) atoms. The summed E-state index contributed by atoms with van der Waals surface area (Å²) in [7, 11) is 3.16. The highest BCUT2D eigenvalue weighted by Gasteiger charge is 2.15. The Labute approximate surface area is 135 Å². The minimum atomic E-state index is -0.363. The summed E-state index contributed by atoms with van der Waals surface area (Å²) in [5, 5.41) is 3.24. The smallest absolute Gasteiger partial charge is 0.256 e. The fourth-order valence-corrected chi connectivity index (χ4v) is 2.44. The third-order valence-electron chi connectivity index (χ3n) is 3.68. The summed E-state index contributed by atoms with van der Waals surface area (Å²) in [4.78, 5) is 24.9. The summed E-state index contributed by atoms with van der Waals surface area (Å²) < 4.78 is 12.0. The van der Waals surface area contributed by atoms with E-state index in [2.05, 4.69) is 5.32 Å². The molecule has 0 aliphatic heterocycles. The summed E-state index contributed by atoms with van der Waals surface area (Å²) in [6.07, 6.45) is 2.31. The van der Waals surface area contributed by atoms with Crippen molar-refractivity contribution < 1.29 is 14.3 Å². The van der Waals surface area contributed by atoms with E-state index in [0.717, 1.165) is 5.52 Å². The van der Waals surface area contributed by atoms with E-state index in [1.54, 1.807) is 32.5 Å². The molecule has 1 amide bonds. The van der Waals surface area contributed by atoms with E-state index in [4.69, 9.17) is 9.47 Å². The molecule has 0 aliphatic carbocycles. The summed E-state index contributed by atoms with van der Waals surface area (Å²) in [5.74, 6) is 0.230. The molecule has 0 saturated heterocycles. The summed E-state index contributed by atoms with van der Waals surface area (Å²) in [6, 6.07) is 5.31. The van der Waals surface area contributed by atoms with E-state index in [0.29, 0.717) is 37.3 Å². The van der Waals surface area contributed by atoms with E-state index in [-0.39, 0.29) is 16.9 Å². The van der Waals surface area contributed by atoms with Crippen LogP contribution in [0.25, 0.3) is 10.9 Å². The van der Waals surface area contributed by atoms with Gasteiger partial charge in [-0.2, -0.15) is 0 Å². The first-order chi connectivity index (χ1) is 11.1. The van der Waals surface area contributed by atoms with Gasteiger partial charge < -0.3 is 19.4 Å². The van der Waals surface area contributed by atoms with Crippen molar-refractivity contribution in [3.05, 3.63) is 40.2 Å². The molecular formula is C17H22N2O4. The Morgan fingerprint density at radius 1 is 1.30 bits per heavy atom.